The number of nitrogens with one attached hydrogen (secondary N) is 1. The minimum absolute atomic E-state index is 0.00232. The van der Waals surface area contributed by atoms with Crippen LogP contribution in [0.2, 0.25) is 0 Å². The number of aromatic nitrogens is 2. The number of aryl methyl sites for hydroxylation is 1. The summed E-state index contributed by atoms with van der Waals surface area (Å²) >= 11 is 1.72. The van der Waals surface area contributed by atoms with Crippen molar-refractivity contribution in [3.63, 3.8) is 0 Å². The number of carbonyl (C=O) groups is 1. The van der Waals surface area contributed by atoms with E-state index in [1.54, 1.807) is 11.3 Å². The van der Waals surface area contributed by atoms with Gasteiger partial charge in [-0.3, -0.25) is 0 Å². The first-order chi connectivity index (χ1) is 10.7. The van der Waals surface area contributed by atoms with Crippen LogP contribution in [0.15, 0.2) is 22.0 Å². The third-order valence-corrected chi connectivity index (χ3v) is 4.77. The molecule has 6 nitrogen and oxygen atoms in total. The summed E-state index contributed by atoms with van der Waals surface area (Å²) in [6, 6.07) is 4.12. The van der Waals surface area contributed by atoms with Gasteiger partial charge in [0, 0.05) is 24.5 Å². The summed E-state index contributed by atoms with van der Waals surface area (Å²) in [6.45, 7) is 3.91. The summed E-state index contributed by atoms with van der Waals surface area (Å²) in [6.07, 6.45) is 2.83. The highest BCUT2D eigenvalue weighted by atomic mass is 32.1. The quantitative estimate of drug-likeness (QED) is 0.940. The van der Waals surface area contributed by atoms with E-state index in [9.17, 15) is 4.79 Å². The third-order valence-electron chi connectivity index (χ3n) is 3.83. The Labute approximate surface area is 133 Å². The van der Waals surface area contributed by atoms with Gasteiger partial charge in [-0.2, -0.15) is 4.98 Å². The monoisotopic (exact) mass is 320 g/mol. The van der Waals surface area contributed by atoms with Crippen LogP contribution in [0.5, 0.6) is 0 Å². The number of hydrogen-bond acceptors (Lipinski definition) is 5. The van der Waals surface area contributed by atoms with Gasteiger partial charge >= 0.3 is 6.03 Å². The zero-order chi connectivity index (χ0) is 15.4. The van der Waals surface area contributed by atoms with Gasteiger partial charge in [-0.1, -0.05) is 11.2 Å². The first kappa shape index (κ1) is 15.0. The Morgan fingerprint density at radius 3 is 3.23 bits per heavy atom. The molecule has 0 aliphatic carbocycles. The second-order valence-corrected chi connectivity index (χ2v) is 6.56. The highest BCUT2D eigenvalue weighted by Crippen LogP contribution is 2.25. The van der Waals surface area contributed by atoms with Gasteiger partial charge in [-0.15, -0.1) is 11.3 Å². The largest absolute Gasteiger partial charge is 0.339 e. The number of nitrogens with zero attached hydrogens (tertiary/aromatic N) is 3. The van der Waals surface area contributed by atoms with Gasteiger partial charge in [0.05, 0.1) is 5.92 Å². The van der Waals surface area contributed by atoms with Crippen LogP contribution in [-0.4, -0.2) is 40.7 Å². The zero-order valence-electron chi connectivity index (χ0n) is 12.6. The van der Waals surface area contributed by atoms with E-state index in [4.69, 9.17) is 4.52 Å². The summed E-state index contributed by atoms with van der Waals surface area (Å²) in [5.74, 6) is 1.44. The van der Waals surface area contributed by atoms with Crippen LogP contribution in [0.25, 0.3) is 0 Å². The van der Waals surface area contributed by atoms with E-state index in [0.29, 0.717) is 24.8 Å². The fraction of sp³-hybridized carbons (Fsp3) is 0.533. The van der Waals surface area contributed by atoms with Gasteiger partial charge in [0.2, 0.25) is 5.89 Å². The van der Waals surface area contributed by atoms with Crippen molar-refractivity contribution in [2.24, 2.45) is 0 Å². The van der Waals surface area contributed by atoms with Crippen molar-refractivity contribution in [2.45, 2.75) is 32.1 Å². The molecule has 0 unspecified atom stereocenters. The lowest BCUT2D eigenvalue weighted by Crippen LogP contribution is -2.45. The SMILES string of the molecule is Cc1noc([C@H]2CCCN(C(=O)NCCc3cccs3)C2)n1. The van der Waals surface area contributed by atoms with E-state index in [-0.39, 0.29) is 11.9 Å². The number of likely N-dealkylation sites (tertiary alicyclic amines) is 1. The maximum atomic E-state index is 12.3. The molecule has 1 saturated heterocycles. The van der Waals surface area contributed by atoms with E-state index in [1.807, 2.05) is 17.9 Å². The summed E-state index contributed by atoms with van der Waals surface area (Å²) in [5.41, 5.74) is 0. The summed E-state index contributed by atoms with van der Waals surface area (Å²) < 4.78 is 5.24. The Morgan fingerprint density at radius 1 is 1.59 bits per heavy atom. The minimum atomic E-state index is -0.00232. The molecule has 1 aliphatic heterocycles. The van der Waals surface area contributed by atoms with Crippen LogP contribution in [-0.2, 0) is 6.42 Å². The molecule has 2 amide bonds. The van der Waals surface area contributed by atoms with Crippen LogP contribution >= 0.6 is 11.3 Å². The standard InChI is InChI=1S/C15H20N4O2S/c1-11-17-14(21-18-11)12-4-2-8-19(10-12)15(20)16-7-6-13-5-3-9-22-13/h3,5,9,12H,2,4,6-8,10H2,1H3,(H,16,20)/t12-/m0/s1. The molecule has 0 spiro atoms. The van der Waals surface area contributed by atoms with E-state index < -0.39 is 0 Å². The number of amides is 2. The molecule has 0 aromatic carbocycles. The number of thiophene rings is 1. The molecule has 2 aromatic rings. The van der Waals surface area contributed by atoms with E-state index in [2.05, 4.69) is 26.9 Å². The van der Waals surface area contributed by atoms with Gasteiger partial charge in [-0.25, -0.2) is 4.79 Å². The van der Waals surface area contributed by atoms with Crippen molar-refractivity contribution in [2.75, 3.05) is 19.6 Å². The Balaban J connectivity index is 1.49. The van der Waals surface area contributed by atoms with Crippen molar-refractivity contribution in [1.82, 2.24) is 20.4 Å². The molecule has 0 radical (unpaired) electrons. The third kappa shape index (κ3) is 3.65. The second-order valence-electron chi connectivity index (χ2n) is 5.53. The predicted octanol–water partition coefficient (Wildman–Crippen LogP) is 2.57. The average Bonchev–Trinajstić information content (AvgIpc) is 3.19. The molecule has 2 aromatic heterocycles. The molecule has 7 heteroatoms. The number of hydrogen-bond donors (Lipinski definition) is 1. The average molecular weight is 320 g/mol. The summed E-state index contributed by atoms with van der Waals surface area (Å²) in [4.78, 5) is 19.7. The Kier molecular flexibility index (Phi) is 4.72. The summed E-state index contributed by atoms with van der Waals surface area (Å²) in [7, 11) is 0. The van der Waals surface area contributed by atoms with Gasteiger partial charge in [-0.05, 0) is 37.6 Å². The fourth-order valence-electron chi connectivity index (χ4n) is 2.70. The molecule has 0 bridgehead atoms. The predicted molar refractivity (Wildman–Crippen MR) is 84.0 cm³/mol. The minimum Gasteiger partial charge on any atom is -0.339 e. The van der Waals surface area contributed by atoms with Gasteiger partial charge in [0.25, 0.3) is 0 Å². The maximum Gasteiger partial charge on any atom is 0.317 e. The number of rotatable bonds is 4. The number of urea groups is 1. The van der Waals surface area contributed by atoms with Crippen molar-refractivity contribution in [1.29, 1.82) is 0 Å². The van der Waals surface area contributed by atoms with Gasteiger partial charge in [0.15, 0.2) is 5.82 Å². The topological polar surface area (TPSA) is 71.3 Å². The molecular formula is C15H20N4O2S. The lowest BCUT2D eigenvalue weighted by Gasteiger charge is -2.31. The maximum absolute atomic E-state index is 12.3. The van der Waals surface area contributed by atoms with Crippen molar-refractivity contribution in [3.05, 3.63) is 34.1 Å². The Bertz CT molecular complexity index is 611. The van der Waals surface area contributed by atoms with Crippen LogP contribution in [0.1, 0.15) is 35.4 Å². The van der Waals surface area contributed by atoms with Crippen LogP contribution in [0.4, 0.5) is 4.79 Å². The summed E-state index contributed by atoms with van der Waals surface area (Å²) in [5, 5.41) is 8.88. The Hall–Kier alpha value is -1.89. The molecule has 0 saturated carbocycles. The van der Waals surface area contributed by atoms with Crippen LogP contribution in [0.3, 0.4) is 0 Å². The normalized spacial score (nSPS) is 18.4. The van der Waals surface area contributed by atoms with Crippen molar-refractivity contribution < 1.29 is 9.32 Å². The van der Waals surface area contributed by atoms with Gasteiger partial charge in [0.1, 0.15) is 0 Å². The molecule has 1 atom stereocenters. The molecule has 118 valence electrons. The number of carbonyl (C=O) groups excluding carboxylic acids is 1. The highest BCUT2D eigenvalue weighted by molar-refractivity contribution is 7.09. The molecule has 22 heavy (non-hydrogen) atoms. The lowest BCUT2D eigenvalue weighted by atomic mass is 9.98. The molecular weight excluding hydrogens is 300 g/mol. The van der Waals surface area contributed by atoms with Crippen molar-refractivity contribution in [3.8, 4) is 0 Å². The molecule has 3 rings (SSSR count). The molecule has 3 heterocycles. The number of piperidine rings is 1. The lowest BCUT2D eigenvalue weighted by molar-refractivity contribution is 0.172. The first-order valence-corrected chi connectivity index (χ1v) is 8.45. The highest BCUT2D eigenvalue weighted by Gasteiger charge is 2.28. The van der Waals surface area contributed by atoms with Crippen LogP contribution in [0, 0.1) is 6.92 Å². The van der Waals surface area contributed by atoms with E-state index in [1.165, 1.54) is 4.88 Å². The van der Waals surface area contributed by atoms with Gasteiger partial charge < -0.3 is 14.7 Å². The second kappa shape index (κ2) is 6.91. The molecule has 1 aliphatic rings. The smallest absolute Gasteiger partial charge is 0.317 e. The Morgan fingerprint density at radius 2 is 2.50 bits per heavy atom. The van der Waals surface area contributed by atoms with E-state index in [0.717, 1.165) is 25.8 Å². The van der Waals surface area contributed by atoms with E-state index >= 15 is 0 Å². The zero-order valence-corrected chi connectivity index (χ0v) is 13.4. The molecule has 1 fully saturated rings. The van der Waals surface area contributed by atoms with Crippen LogP contribution < -0.4 is 5.32 Å². The first-order valence-electron chi connectivity index (χ1n) is 7.58. The van der Waals surface area contributed by atoms with Crippen molar-refractivity contribution >= 4 is 17.4 Å². The molecule has 1 N–H and O–H groups in total. The fourth-order valence-corrected chi connectivity index (χ4v) is 3.41.